The van der Waals surface area contributed by atoms with Gasteiger partial charge >= 0.3 is 0 Å². The van der Waals surface area contributed by atoms with Crippen LogP contribution in [-0.2, 0) is 10.8 Å². The molecule has 2 nitrogen and oxygen atoms in total. The van der Waals surface area contributed by atoms with E-state index in [1.807, 2.05) is 0 Å². The molecule has 0 saturated carbocycles. The molecule has 3 aliphatic rings. The molecule has 1 spiro atoms. The molecule has 302 valence electrons. The largest absolute Gasteiger partial charge is 0.310 e. The molecule has 0 fully saturated rings. The average molecular weight is 817 g/mol. The van der Waals surface area contributed by atoms with E-state index in [2.05, 4.69) is 254 Å². The van der Waals surface area contributed by atoms with Gasteiger partial charge in [0.15, 0.2) is 0 Å². The van der Waals surface area contributed by atoms with Gasteiger partial charge in [0.1, 0.15) is 0 Å². The first kappa shape index (κ1) is 36.7. The average Bonchev–Trinajstić information content (AvgIpc) is 3.91. The summed E-state index contributed by atoms with van der Waals surface area (Å²) < 4.78 is 0. The van der Waals surface area contributed by atoms with Crippen LogP contribution in [0.4, 0.5) is 34.1 Å². The van der Waals surface area contributed by atoms with Crippen molar-refractivity contribution in [3.8, 4) is 33.4 Å². The Balaban J connectivity index is 1.13. The van der Waals surface area contributed by atoms with Gasteiger partial charge in [0.05, 0.1) is 11.1 Å². The van der Waals surface area contributed by atoms with E-state index in [0.717, 1.165) is 28.4 Å². The molecule has 13 rings (SSSR count). The number of nitrogens with zero attached hydrogens (tertiary/aromatic N) is 2. The van der Waals surface area contributed by atoms with E-state index < -0.39 is 5.41 Å². The van der Waals surface area contributed by atoms with Gasteiger partial charge < -0.3 is 9.80 Å². The topological polar surface area (TPSA) is 6.48 Å². The maximum absolute atomic E-state index is 2.52. The minimum atomic E-state index is -0.641. The Morgan fingerprint density at radius 3 is 1.45 bits per heavy atom. The van der Waals surface area contributed by atoms with Gasteiger partial charge in [-0.2, -0.15) is 0 Å². The highest BCUT2D eigenvalue weighted by Gasteiger charge is 2.54. The lowest BCUT2D eigenvalue weighted by Gasteiger charge is -2.36. The summed E-state index contributed by atoms with van der Waals surface area (Å²) >= 11 is 0. The summed E-state index contributed by atoms with van der Waals surface area (Å²) in [5.41, 5.74) is 21.8. The second-order valence-corrected chi connectivity index (χ2v) is 18.0. The Labute approximate surface area is 375 Å². The standard InChI is InChI=1S/C62H44N2/c1-61(2)53-31-17-14-29-49(53)52-39-45(35-37-54(52)61)63(42-21-6-3-7-22-42)46-34-36-50-48-28-15-18-32-55(48)62(57(50)40-46)56-33-19-16-30-51(56)59-47-27-13-12-20-41(47)38-58(60(59)62)64(43-23-8-4-9-24-43)44-25-10-5-11-26-44/h3-40H,1-2H3. The van der Waals surface area contributed by atoms with Crippen molar-refractivity contribution in [2.45, 2.75) is 24.7 Å². The van der Waals surface area contributed by atoms with Crippen molar-refractivity contribution >= 4 is 44.9 Å². The maximum Gasteiger partial charge on any atom is 0.0747 e. The summed E-state index contributed by atoms with van der Waals surface area (Å²) in [6, 6.07) is 85.9. The van der Waals surface area contributed by atoms with Crippen LogP contribution in [0.2, 0.25) is 0 Å². The van der Waals surface area contributed by atoms with Gasteiger partial charge in [-0.3, -0.25) is 0 Å². The van der Waals surface area contributed by atoms with E-state index in [4.69, 9.17) is 0 Å². The molecule has 0 bridgehead atoms. The van der Waals surface area contributed by atoms with Crippen LogP contribution >= 0.6 is 0 Å². The molecule has 0 saturated heterocycles. The summed E-state index contributed by atoms with van der Waals surface area (Å²) in [4.78, 5) is 4.96. The third-order valence-corrected chi connectivity index (χ3v) is 14.4. The lowest BCUT2D eigenvalue weighted by atomic mass is 9.69. The van der Waals surface area contributed by atoms with Crippen LogP contribution in [-0.4, -0.2) is 0 Å². The lowest BCUT2D eigenvalue weighted by molar-refractivity contribution is 0.660. The second kappa shape index (κ2) is 13.8. The Kier molecular flexibility index (Phi) is 7.90. The minimum Gasteiger partial charge on any atom is -0.310 e. The molecule has 1 unspecified atom stereocenters. The van der Waals surface area contributed by atoms with Crippen LogP contribution < -0.4 is 9.80 Å². The smallest absolute Gasteiger partial charge is 0.0747 e. The van der Waals surface area contributed by atoms with Crippen molar-refractivity contribution in [3.05, 3.63) is 264 Å². The molecule has 0 N–H and O–H groups in total. The lowest BCUT2D eigenvalue weighted by Crippen LogP contribution is -2.28. The highest BCUT2D eigenvalue weighted by molar-refractivity contribution is 6.11. The van der Waals surface area contributed by atoms with Crippen LogP contribution in [0.15, 0.2) is 231 Å². The summed E-state index contributed by atoms with van der Waals surface area (Å²) in [5, 5.41) is 2.48. The van der Waals surface area contributed by atoms with Crippen molar-refractivity contribution in [2.75, 3.05) is 9.80 Å². The van der Waals surface area contributed by atoms with Gasteiger partial charge in [-0.25, -0.2) is 0 Å². The van der Waals surface area contributed by atoms with Crippen LogP contribution in [0, 0.1) is 0 Å². The van der Waals surface area contributed by atoms with Crippen LogP contribution in [0.3, 0.4) is 0 Å². The normalized spacial score (nSPS) is 15.5. The van der Waals surface area contributed by atoms with Crippen LogP contribution in [0.5, 0.6) is 0 Å². The first-order chi connectivity index (χ1) is 31.5. The van der Waals surface area contributed by atoms with E-state index >= 15 is 0 Å². The number of hydrogen-bond acceptors (Lipinski definition) is 2. The van der Waals surface area contributed by atoms with Crippen molar-refractivity contribution in [3.63, 3.8) is 0 Å². The van der Waals surface area contributed by atoms with Gasteiger partial charge in [0, 0.05) is 39.4 Å². The molecular formula is C62H44N2. The molecule has 10 aromatic carbocycles. The monoisotopic (exact) mass is 816 g/mol. The van der Waals surface area contributed by atoms with E-state index in [1.165, 1.54) is 83.2 Å². The fourth-order valence-corrected chi connectivity index (χ4v) is 11.8. The summed E-state index contributed by atoms with van der Waals surface area (Å²) in [6.45, 7) is 4.71. The molecule has 10 aromatic rings. The van der Waals surface area contributed by atoms with Crippen molar-refractivity contribution < 1.29 is 0 Å². The molecule has 0 amide bonds. The number of fused-ring (bicyclic) bond motifs is 15. The van der Waals surface area contributed by atoms with Gasteiger partial charge in [-0.1, -0.05) is 178 Å². The first-order valence-corrected chi connectivity index (χ1v) is 22.4. The predicted octanol–water partition coefficient (Wildman–Crippen LogP) is 16.4. The molecule has 64 heavy (non-hydrogen) atoms. The minimum absolute atomic E-state index is 0.0771. The Morgan fingerprint density at radius 2 is 0.781 bits per heavy atom. The fraction of sp³-hybridized carbons (Fsp3) is 0.0645. The number of rotatable bonds is 6. The zero-order chi connectivity index (χ0) is 42.6. The second-order valence-electron chi connectivity index (χ2n) is 18.0. The van der Waals surface area contributed by atoms with Crippen LogP contribution in [0.1, 0.15) is 47.2 Å². The molecule has 0 aromatic heterocycles. The molecule has 0 radical (unpaired) electrons. The highest BCUT2D eigenvalue weighted by atomic mass is 15.2. The third kappa shape index (κ3) is 5.02. The summed E-state index contributed by atoms with van der Waals surface area (Å²) in [6.07, 6.45) is 0. The molecule has 0 heterocycles. The van der Waals surface area contributed by atoms with Gasteiger partial charge in [-0.15, -0.1) is 0 Å². The number of hydrogen-bond donors (Lipinski definition) is 0. The maximum atomic E-state index is 2.52. The van der Waals surface area contributed by atoms with E-state index in [1.54, 1.807) is 0 Å². The van der Waals surface area contributed by atoms with Gasteiger partial charge in [0.2, 0.25) is 0 Å². The quantitative estimate of drug-likeness (QED) is 0.165. The molecule has 1 atom stereocenters. The Morgan fingerprint density at radius 1 is 0.312 bits per heavy atom. The first-order valence-electron chi connectivity index (χ1n) is 22.4. The van der Waals surface area contributed by atoms with E-state index in [-0.39, 0.29) is 5.41 Å². The summed E-state index contributed by atoms with van der Waals surface area (Å²) in [7, 11) is 0. The predicted molar refractivity (Wildman–Crippen MR) is 267 cm³/mol. The van der Waals surface area contributed by atoms with Gasteiger partial charge in [0.25, 0.3) is 0 Å². The van der Waals surface area contributed by atoms with Crippen molar-refractivity contribution in [2.24, 2.45) is 0 Å². The van der Waals surface area contributed by atoms with Crippen LogP contribution in [0.25, 0.3) is 44.2 Å². The zero-order valence-corrected chi connectivity index (χ0v) is 35.8. The number of anilines is 6. The molecule has 3 aliphatic carbocycles. The van der Waals surface area contributed by atoms with E-state index in [9.17, 15) is 0 Å². The SMILES string of the molecule is CC1(C)c2ccccc2-c2cc(N(c3ccccc3)c3ccc4c(c3)C3(c5ccccc5-4)c4ccccc4-c4c3c(N(c3ccccc3)c3ccccc3)cc3ccccc43)ccc21. The van der Waals surface area contributed by atoms with Gasteiger partial charge in [-0.05, 0) is 139 Å². The highest BCUT2D eigenvalue weighted by Crippen LogP contribution is 2.67. The van der Waals surface area contributed by atoms with E-state index in [0.29, 0.717) is 0 Å². The Bertz CT molecular complexity index is 3440. The molecule has 0 aliphatic heterocycles. The number of para-hydroxylation sites is 3. The Hall–Kier alpha value is -7.94. The molecule has 2 heteroatoms. The number of benzene rings is 10. The molecular weight excluding hydrogens is 773 g/mol. The third-order valence-electron chi connectivity index (χ3n) is 14.4. The van der Waals surface area contributed by atoms with Crippen molar-refractivity contribution in [1.82, 2.24) is 0 Å². The van der Waals surface area contributed by atoms with Crippen molar-refractivity contribution in [1.29, 1.82) is 0 Å². The fourth-order valence-electron chi connectivity index (χ4n) is 11.8. The summed E-state index contributed by atoms with van der Waals surface area (Å²) in [5.74, 6) is 0. The zero-order valence-electron chi connectivity index (χ0n) is 35.8.